The molecule has 32 heavy (non-hydrogen) atoms. The number of carboxylic acids is 1. The third-order valence-corrected chi connectivity index (χ3v) is 5.56. The number of carbonyl (C=O) groups is 1. The summed E-state index contributed by atoms with van der Waals surface area (Å²) < 4.78 is 5.28. The lowest BCUT2D eigenvalue weighted by atomic mass is 10.0. The molecule has 162 valence electrons. The first-order chi connectivity index (χ1) is 15.6. The minimum absolute atomic E-state index is 0.191. The van der Waals surface area contributed by atoms with Gasteiger partial charge < -0.3 is 14.9 Å². The van der Waals surface area contributed by atoms with Gasteiger partial charge >= 0.3 is 5.97 Å². The topological polar surface area (TPSA) is 66.8 Å². The molecule has 0 bridgehead atoms. The number of aryl methyl sites for hydroxylation is 1. The average molecular weight is 445 g/mol. The third-order valence-electron chi connectivity index (χ3n) is 4.64. The van der Waals surface area contributed by atoms with Crippen LogP contribution in [0.25, 0.3) is 16.7 Å². The second-order valence-corrected chi connectivity index (χ2v) is 8.04. The van der Waals surface area contributed by atoms with Crippen LogP contribution in [0.3, 0.4) is 0 Å². The van der Waals surface area contributed by atoms with E-state index in [4.69, 9.17) is 14.9 Å². The van der Waals surface area contributed by atoms with Crippen LogP contribution in [0.2, 0.25) is 0 Å². The maximum Gasteiger partial charge on any atom is 0.341 e. The summed E-state index contributed by atoms with van der Waals surface area (Å²) in [7, 11) is 0. The SMILES string of the molecule is Cc1cc(SCC=C(C#CCO)c2ccc(-c3ccccc3)cc2)ccc1OCC(=O)O. The number of hydrogen-bond acceptors (Lipinski definition) is 4. The van der Waals surface area contributed by atoms with Crippen molar-refractivity contribution >= 4 is 23.3 Å². The van der Waals surface area contributed by atoms with Gasteiger partial charge in [-0.3, -0.25) is 0 Å². The lowest BCUT2D eigenvalue weighted by Crippen LogP contribution is -2.09. The fourth-order valence-corrected chi connectivity index (χ4v) is 3.95. The highest BCUT2D eigenvalue weighted by molar-refractivity contribution is 7.99. The number of aliphatic hydroxyl groups excluding tert-OH is 1. The molecule has 4 nitrogen and oxygen atoms in total. The van der Waals surface area contributed by atoms with E-state index in [1.165, 1.54) is 0 Å². The Morgan fingerprint density at radius 1 is 1.03 bits per heavy atom. The van der Waals surface area contributed by atoms with E-state index in [-0.39, 0.29) is 13.2 Å². The normalized spacial score (nSPS) is 10.9. The molecule has 0 amide bonds. The van der Waals surface area contributed by atoms with Gasteiger partial charge in [0.2, 0.25) is 0 Å². The van der Waals surface area contributed by atoms with E-state index in [1.807, 2.05) is 49.4 Å². The zero-order chi connectivity index (χ0) is 22.8. The fraction of sp³-hybridized carbons (Fsp3) is 0.148. The molecule has 3 aromatic rings. The molecule has 0 aliphatic carbocycles. The third kappa shape index (κ3) is 6.78. The van der Waals surface area contributed by atoms with Crippen molar-refractivity contribution in [3.63, 3.8) is 0 Å². The number of benzene rings is 3. The van der Waals surface area contributed by atoms with Crippen molar-refractivity contribution in [2.75, 3.05) is 19.0 Å². The van der Waals surface area contributed by atoms with E-state index in [2.05, 4.69) is 42.2 Å². The van der Waals surface area contributed by atoms with Gasteiger partial charge in [0.1, 0.15) is 12.4 Å². The highest BCUT2D eigenvalue weighted by Gasteiger charge is 2.05. The summed E-state index contributed by atoms with van der Waals surface area (Å²) in [5.74, 6) is 6.07. The molecule has 0 radical (unpaired) electrons. The molecule has 0 aliphatic heterocycles. The molecular formula is C27H24O4S. The van der Waals surface area contributed by atoms with Gasteiger partial charge in [-0.15, -0.1) is 11.8 Å². The van der Waals surface area contributed by atoms with Gasteiger partial charge in [-0.05, 0) is 47.4 Å². The Bertz CT molecular complexity index is 1140. The summed E-state index contributed by atoms with van der Waals surface area (Å²) in [5.41, 5.74) is 5.05. The molecular weight excluding hydrogens is 420 g/mol. The maximum absolute atomic E-state index is 10.7. The van der Waals surface area contributed by atoms with E-state index in [0.29, 0.717) is 11.5 Å². The number of hydrogen-bond donors (Lipinski definition) is 2. The van der Waals surface area contributed by atoms with E-state index < -0.39 is 5.97 Å². The lowest BCUT2D eigenvalue weighted by Gasteiger charge is -2.09. The Morgan fingerprint density at radius 3 is 2.41 bits per heavy atom. The van der Waals surface area contributed by atoms with Crippen molar-refractivity contribution in [3.8, 4) is 28.7 Å². The molecule has 2 N–H and O–H groups in total. The van der Waals surface area contributed by atoms with Crippen LogP contribution >= 0.6 is 11.8 Å². The van der Waals surface area contributed by atoms with Gasteiger partial charge in [-0.1, -0.05) is 72.5 Å². The van der Waals surface area contributed by atoms with E-state index >= 15 is 0 Å². The quantitative estimate of drug-likeness (QED) is 0.365. The van der Waals surface area contributed by atoms with Gasteiger partial charge in [0.05, 0.1) is 0 Å². The molecule has 3 aromatic carbocycles. The molecule has 0 saturated heterocycles. The number of rotatable bonds is 8. The van der Waals surface area contributed by atoms with Gasteiger partial charge in [-0.2, -0.15) is 0 Å². The molecule has 0 aliphatic rings. The molecule has 3 rings (SSSR count). The summed E-state index contributed by atoms with van der Waals surface area (Å²) in [4.78, 5) is 11.7. The van der Waals surface area contributed by atoms with Crippen LogP contribution in [0.5, 0.6) is 5.75 Å². The Balaban J connectivity index is 1.71. The number of thioether (sulfide) groups is 1. The Labute approximate surface area is 192 Å². The van der Waals surface area contributed by atoms with Crippen LogP contribution in [0.1, 0.15) is 11.1 Å². The summed E-state index contributed by atoms with van der Waals surface area (Å²) in [6, 6.07) is 24.1. The van der Waals surface area contributed by atoms with Crippen molar-refractivity contribution in [3.05, 3.63) is 90.0 Å². The van der Waals surface area contributed by atoms with Crippen LogP contribution in [0, 0.1) is 18.8 Å². The van der Waals surface area contributed by atoms with Gasteiger partial charge in [-0.25, -0.2) is 4.79 Å². The molecule has 0 atom stereocenters. The largest absolute Gasteiger partial charge is 0.482 e. The Morgan fingerprint density at radius 2 is 1.75 bits per heavy atom. The molecule has 0 unspecified atom stereocenters. The van der Waals surface area contributed by atoms with E-state index in [9.17, 15) is 4.79 Å². The van der Waals surface area contributed by atoms with Crippen molar-refractivity contribution in [1.29, 1.82) is 0 Å². The van der Waals surface area contributed by atoms with Crippen LogP contribution in [0.4, 0.5) is 0 Å². The van der Waals surface area contributed by atoms with Crippen molar-refractivity contribution in [1.82, 2.24) is 0 Å². The summed E-state index contributed by atoms with van der Waals surface area (Å²) in [6.45, 7) is 1.35. The predicted octanol–water partition coefficient (Wildman–Crippen LogP) is 5.30. The Hall–Kier alpha value is -3.46. The second-order valence-electron chi connectivity index (χ2n) is 6.94. The molecule has 0 heterocycles. The lowest BCUT2D eigenvalue weighted by molar-refractivity contribution is -0.139. The summed E-state index contributed by atoms with van der Waals surface area (Å²) in [5, 5.41) is 17.9. The highest BCUT2D eigenvalue weighted by atomic mass is 32.2. The standard InChI is InChI=1S/C27H24O4S/c1-20-18-25(13-14-26(20)31-19-27(29)30)32-17-15-22(8-5-16-28)24-11-9-23(10-12-24)21-6-3-2-4-7-21/h2-4,6-7,9-15,18,28H,16-17,19H2,1H3,(H,29,30). The van der Waals surface area contributed by atoms with Crippen molar-refractivity contribution in [2.24, 2.45) is 0 Å². The molecule has 5 heteroatoms. The molecule has 0 aromatic heterocycles. The number of aliphatic carboxylic acids is 1. The van der Waals surface area contributed by atoms with Crippen molar-refractivity contribution in [2.45, 2.75) is 11.8 Å². The predicted molar refractivity (Wildman–Crippen MR) is 130 cm³/mol. The minimum Gasteiger partial charge on any atom is -0.482 e. The first-order valence-corrected chi connectivity index (χ1v) is 11.1. The van der Waals surface area contributed by atoms with Crippen LogP contribution in [0.15, 0.2) is 83.8 Å². The fourth-order valence-electron chi connectivity index (χ4n) is 3.08. The summed E-state index contributed by atoms with van der Waals surface area (Å²) in [6.07, 6.45) is 2.05. The Kier molecular flexibility index (Phi) is 8.56. The maximum atomic E-state index is 10.7. The number of aliphatic hydroxyl groups is 1. The average Bonchev–Trinajstić information content (AvgIpc) is 2.81. The zero-order valence-corrected chi connectivity index (χ0v) is 18.6. The number of ether oxygens (including phenoxy) is 1. The number of carboxylic acid groups (broad SMARTS) is 1. The molecule has 0 saturated carbocycles. The second kappa shape index (κ2) is 11.8. The molecule has 0 fully saturated rings. The van der Waals surface area contributed by atoms with Gasteiger partial charge in [0, 0.05) is 16.2 Å². The van der Waals surface area contributed by atoms with Crippen molar-refractivity contribution < 1.29 is 19.7 Å². The minimum atomic E-state index is -0.999. The van der Waals surface area contributed by atoms with Crippen LogP contribution < -0.4 is 4.74 Å². The highest BCUT2D eigenvalue weighted by Crippen LogP contribution is 2.27. The summed E-state index contributed by atoms with van der Waals surface area (Å²) >= 11 is 1.65. The number of allylic oxidation sites excluding steroid dienone is 1. The smallest absolute Gasteiger partial charge is 0.341 e. The molecule has 0 spiro atoms. The van der Waals surface area contributed by atoms with Gasteiger partial charge in [0.25, 0.3) is 0 Å². The van der Waals surface area contributed by atoms with E-state index in [0.717, 1.165) is 32.7 Å². The van der Waals surface area contributed by atoms with Crippen LogP contribution in [-0.2, 0) is 4.79 Å². The van der Waals surface area contributed by atoms with Crippen LogP contribution in [-0.4, -0.2) is 35.1 Å². The van der Waals surface area contributed by atoms with Gasteiger partial charge in [0.15, 0.2) is 6.61 Å². The first kappa shape index (κ1) is 23.2. The monoisotopic (exact) mass is 444 g/mol. The van der Waals surface area contributed by atoms with E-state index in [1.54, 1.807) is 17.8 Å². The zero-order valence-electron chi connectivity index (χ0n) is 17.7. The first-order valence-electron chi connectivity index (χ1n) is 10.1.